The summed E-state index contributed by atoms with van der Waals surface area (Å²) in [5.41, 5.74) is 5.43. The Morgan fingerprint density at radius 3 is 2.71 bits per heavy atom. The Kier molecular flexibility index (Phi) is 4.07. The number of hydrogen-bond donors (Lipinski definition) is 1. The zero-order valence-electron chi connectivity index (χ0n) is 12.2. The van der Waals surface area contributed by atoms with Gasteiger partial charge in [-0.3, -0.25) is 0 Å². The fourth-order valence-corrected chi connectivity index (χ4v) is 2.86. The molecule has 0 aliphatic heterocycles. The first-order valence-electron chi connectivity index (χ1n) is 7.54. The fourth-order valence-electron chi connectivity index (χ4n) is 2.86. The summed E-state index contributed by atoms with van der Waals surface area (Å²) < 4.78 is 6.46. The molecule has 2 aromatic rings. The van der Waals surface area contributed by atoms with Gasteiger partial charge in [-0.05, 0) is 36.9 Å². The van der Waals surface area contributed by atoms with E-state index in [0.29, 0.717) is 6.54 Å². The molecule has 21 heavy (non-hydrogen) atoms. The summed E-state index contributed by atoms with van der Waals surface area (Å²) in [5, 5.41) is 2.37. The maximum Gasteiger partial charge on any atom is 0.131 e. The van der Waals surface area contributed by atoms with Crippen LogP contribution in [0.4, 0.5) is 0 Å². The molecule has 0 heterocycles. The fraction of sp³-hybridized carbons (Fsp3) is 0.263. The Bertz CT molecular complexity index is 669. The lowest BCUT2D eigenvalue weighted by Crippen LogP contribution is -2.35. The molecule has 2 heteroatoms. The van der Waals surface area contributed by atoms with Crippen LogP contribution in [0.15, 0.2) is 66.8 Å². The van der Waals surface area contributed by atoms with Crippen LogP contribution in [0, 0.1) is 0 Å². The third-order valence-electron chi connectivity index (χ3n) is 3.98. The van der Waals surface area contributed by atoms with Gasteiger partial charge in [0.15, 0.2) is 0 Å². The van der Waals surface area contributed by atoms with Gasteiger partial charge in [0.1, 0.15) is 11.4 Å². The van der Waals surface area contributed by atoms with Gasteiger partial charge in [-0.2, -0.15) is 0 Å². The van der Waals surface area contributed by atoms with E-state index in [1.807, 2.05) is 0 Å². The summed E-state index contributed by atoms with van der Waals surface area (Å²) in [6, 6.07) is 14.6. The Morgan fingerprint density at radius 1 is 1.05 bits per heavy atom. The second kappa shape index (κ2) is 6.15. The average molecular weight is 279 g/mol. The molecular weight excluding hydrogens is 258 g/mol. The van der Waals surface area contributed by atoms with E-state index < -0.39 is 0 Å². The molecule has 0 radical (unpaired) electrons. The highest BCUT2D eigenvalue weighted by atomic mass is 16.5. The molecule has 0 fully saturated rings. The molecule has 1 unspecified atom stereocenters. The second-order valence-corrected chi connectivity index (χ2v) is 5.53. The van der Waals surface area contributed by atoms with E-state index in [2.05, 4.69) is 66.8 Å². The Hall–Kier alpha value is -2.06. The first-order valence-corrected chi connectivity index (χ1v) is 7.54. The van der Waals surface area contributed by atoms with Gasteiger partial charge in [0.05, 0.1) is 0 Å². The van der Waals surface area contributed by atoms with Gasteiger partial charge < -0.3 is 10.5 Å². The minimum atomic E-state index is -0.266. The smallest absolute Gasteiger partial charge is 0.131 e. The van der Waals surface area contributed by atoms with Crippen molar-refractivity contribution in [2.75, 3.05) is 6.54 Å². The van der Waals surface area contributed by atoms with Crippen molar-refractivity contribution in [1.29, 1.82) is 0 Å². The minimum Gasteiger partial charge on any atom is -0.482 e. The number of ether oxygens (including phenoxy) is 1. The summed E-state index contributed by atoms with van der Waals surface area (Å²) in [6.45, 7) is 0.693. The molecule has 2 aromatic carbocycles. The molecule has 0 spiro atoms. The molecule has 0 amide bonds. The quantitative estimate of drug-likeness (QED) is 0.889. The Morgan fingerprint density at radius 2 is 1.90 bits per heavy atom. The summed E-state index contributed by atoms with van der Waals surface area (Å²) in [6.07, 6.45) is 11.3. The molecular formula is C19H21NO. The van der Waals surface area contributed by atoms with Crippen molar-refractivity contribution in [2.24, 2.45) is 5.73 Å². The number of hydrogen-bond acceptors (Lipinski definition) is 2. The van der Waals surface area contributed by atoms with Crippen LogP contribution in [0.25, 0.3) is 10.8 Å². The van der Waals surface area contributed by atoms with Gasteiger partial charge in [-0.1, -0.05) is 54.6 Å². The van der Waals surface area contributed by atoms with Gasteiger partial charge in [0.25, 0.3) is 0 Å². The van der Waals surface area contributed by atoms with Crippen LogP contribution in [0.3, 0.4) is 0 Å². The van der Waals surface area contributed by atoms with Gasteiger partial charge in [-0.15, -0.1) is 0 Å². The van der Waals surface area contributed by atoms with E-state index >= 15 is 0 Å². The van der Waals surface area contributed by atoms with Gasteiger partial charge in [0.2, 0.25) is 0 Å². The Labute approximate surface area is 125 Å². The molecule has 0 saturated heterocycles. The van der Waals surface area contributed by atoms with Crippen LogP contribution in [0.1, 0.15) is 19.3 Å². The molecule has 1 aliphatic carbocycles. The van der Waals surface area contributed by atoms with Gasteiger partial charge in [-0.25, -0.2) is 0 Å². The van der Waals surface area contributed by atoms with E-state index in [1.54, 1.807) is 0 Å². The molecule has 0 bridgehead atoms. The molecule has 0 saturated carbocycles. The Balaban J connectivity index is 1.94. The predicted octanol–water partition coefficient (Wildman–Crippen LogP) is 4.21. The minimum absolute atomic E-state index is 0.266. The highest BCUT2D eigenvalue weighted by Crippen LogP contribution is 2.34. The number of fused-ring (bicyclic) bond motifs is 1. The molecule has 108 valence electrons. The largest absolute Gasteiger partial charge is 0.482 e. The lowest BCUT2D eigenvalue weighted by molar-refractivity contribution is 0.112. The van der Waals surface area contributed by atoms with Crippen LogP contribution in [-0.2, 0) is 0 Å². The summed E-state index contributed by atoms with van der Waals surface area (Å²) in [5.74, 6) is 0.949. The van der Waals surface area contributed by atoms with Crippen LogP contribution in [0.5, 0.6) is 5.75 Å². The zero-order valence-corrected chi connectivity index (χ0v) is 12.2. The van der Waals surface area contributed by atoms with E-state index in [0.717, 1.165) is 30.4 Å². The lowest BCUT2D eigenvalue weighted by atomic mass is 9.89. The van der Waals surface area contributed by atoms with Crippen molar-refractivity contribution in [2.45, 2.75) is 24.9 Å². The average Bonchev–Trinajstić information content (AvgIpc) is 2.54. The SMILES string of the molecule is NCCCC1(Oc2cccc3ccccc23)C=CC=CC1. The number of rotatable bonds is 5. The van der Waals surface area contributed by atoms with Gasteiger partial charge in [0, 0.05) is 11.8 Å². The van der Waals surface area contributed by atoms with Crippen molar-refractivity contribution in [3.05, 3.63) is 66.8 Å². The third kappa shape index (κ3) is 3.01. The summed E-state index contributed by atoms with van der Waals surface area (Å²) >= 11 is 0. The normalized spacial score (nSPS) is 20.8. The molecule has 2 N–H and O–H groups in total. The lowest BCUT2D eigenvalue weighted by Gasteiger charge is -2.33. The summed E-state index contributed by atoms with van der Waals surface area (Å²) in [7, 11) is 0. The molecule has 0 aromatic heterocycles. The van der Waals surface area contributed by atoms with E-state index in [1.165, 1.54) is 5.39 Å². The van der Waals surface area contributed by atoms with E-state index in [4.69, 9.17) is 10.5 Å². The topological polar surface area (TPSA) is 35.2 Å². The molecule has 3 rings (SSSR count). The standard InChI is InChI=1S/C19H21NO/c20-15-7-14-19(12-4-1-5-13-19)21-18-11-6-9-16-8-2-3-10-17(16)18/h1-6,8-12H,7,13-15,20H2. The maximum absolute atomic E-state index is 6.46. The highest BCUT2D eigenvalue weighted by Gasteiger charge is 2.29. The number of allylic oxidation sites excluding steroid dienone is 2. The molecule has 1 aliphatic rings. The summed E-state index contributed by atoms with van der Waals surface area (Å²) in [4.78, 5) is 0. The first-order chi connectivity index (χ1) is 10.3. The maximum atomic E-state index is 6.46. The van der Waals surface area contributed by atoms with E-state index in [-0.39, 0.29) is 5.60 Å². The highest BCUT2D eigenvalue weighted by molar-refractivity contribution is 5.88. The molecule has 2 nitrogen and oxygen atoms in total. The van der Waals surface area contributed by atoms with Crippen LogP contribution < -0.4 is 10.5 Å². The van der Waals surface area contributed by atoms with Crippen LogP contribution in [-0.4, -0.2) is 12.1 Å². The van der Waals surface area contributed by atoms with Crippen molar-refractivity contribution in [3.8, 4) is 5.75 Å². The number of benzene rings is 2. The molecule has 1 atom stereocenters. The zero-order chi connectivity index (χ0) is 14.5. The number of nitrogens with two attached hydrogens (primary N) is 1. The van der Waals surface area contributed by atoms with E-state index in [9.17, 15) is 0 Å². The van der Waals surface area contributed by atoms with Gasteiger partial charge >= 0.3 is 0 Å². The van der Waals surface area contributed by atoms with Crippen molar-refractivity contribution < 1.29 is 4.74 Å². The second-order valence-electron chi connectivity index (χ2n) is 5.53. The van der Waals surface area contributed by atoms with Crippen molar-refractivity contribution in [1.82, 2.24) is 0 Å². The van der Waals surface area contributed by atoms with Crippen molar-refractivity contribution >= 4 is 10.8 Å². The first kappa shape index (κ1) is 13.9. The van der Waals surface area contributed by atoms with Crippen LogP contribution in [0.2, 0.25) is 0 Å². The van der Waals surface area contributed by atoms with Crippen LogP contribution >= 0.6 is 0 Å². The predicted molar refractivity (Wildman–Crippen MR) is 88.5 cm³/mol. The van der Waals surface area contributed by atoms with Crippen molar-refractivity contribution in [3.63, 3.8) is 0 Å². The third-order valence-corrected chi connectivity index (χ3v) is 3.98. The monoisotopic (exact) mass is 279 g/mol.